The molecule has 10 heteroatoms. The van der Waals surface area contributed by atoms with E-state index in [4.69, 9.17) is 32.7 Å². The molecule has 0 unspecified atom stereocenters. The lowest BCUT2D eigenvalue weighted by atomic mass is 10.1. The summed E-state index contributed by atoms with van der Waals surface area (Å²) >= 11 is 11.8. The highest BCUT2D eigenvalue weighted by Crippen LogP contribution is 2.34. The highest BCUT2D eigenvalue weighted by molar-refractivity contribution is 6.42. The van der Waals surface area contributed by atoms with Crippen LogP contribution in [0.5, 0.6) is 5.75 Å². The van der Waals surface area contributed by atoms with Crippen LogP contribution < -0.4 is 10.1 Å². The third-order valence-electron chi connectivity index (χ3n) is 6.11. The van der Waals surface area contributed by atoms with E-state index in [1.807, 2.05) is 39.8 Å². The van der Waals surface area contributed by atoms with Gasteiger partial charge in [0.15, 0.2) is 5.82 Å². The van der Waals surface area contributed by atoms with Crippen LogP contribution in [0.1, 0.15) is 65.9 Å². The van der Waals surface area contributed by atoms with Crippen LogP contribution in [0.2, 0.25) is 10.0 Å². The van der Waals surface area contributed by atoms with Crippen LogP contribution in [-0.2, 0) is 4.74 Å². The normalized spacial score (nSPS) is 14.0. The number of carbonyl (C=O) groups is 1. The largest absolute Gasteiger partial charge is 0.490 e. The molecule has 1 fully saturated rings. The molecule has 1 N–H and O–H groups in total. The quantitative estimate of drug-likeness (QED) is 0.305. The number of halogens is 3. The fourth-order valence-electron chi connectivity index (χ4n) is 3.83. The Morgan fingerprint density at radius 3 is 2.41 bits per heavy atom. The molecule has 0 saturated carbocycles. The van der Waals surface area contributed by atoms with Crippen LogP contribution in [-0.4, -0.2) is 45.8 Å². The molecule has 1 amide bonds. The first-order valence-corrected chi connectivity index (χ1v) is 14.0. The van der Waals surface area contributed by atoms with Crippen LogP contribution in [0, 0.1) is 12.7 Å². The van der Waals surface area contributed by atoms with E-state index in [2.05, 4.69) is 29.1 Å². The third kappa shape index (κ3) is 8.32. The molecule has 1 saturated heterocycles. The zero-order valence-electron chi connectivity index (χ0n) is 23.4. The van der Waals surface area contributed by atoms with Crippen molar-refractivity contribution in [3.05, 3.63) is 52.0 Å². The van der Waals surface area contributed by atoms with Crippen molar-refractivity contribution in [2.75, 3.05) is 18.4 Å². The lowest BCUT2D eigenvalue weighted by Crippen LogP contribution is -2.44. The molecular weight excluding hydrogens is 542 g/mol. The molecule has 0 atom stereocenters. The van der Waals surface area contributed by atoms with E-state index in [1.165, 1.54) is 31.3 Å². The molecule has 0 spiro atoms. The Morgan fingerprint density at radius 1 is 1.13 bits per heavy atom. The highest BCUT2D eigenvalue weighted by atomic mass is 35.5. The molecule has 2 aromatic carbocycles. The number of hydrogen-bond acceptors (Lipinski definition) is 6. The second-order valence-corrected chi connectivity index (χ2v) is 11.3. The molecule has 39 heavy (non-hydrogen) atoms. The van der Waals surface area contributed by atoms with Crippen molar-refractivity contribution in [2.45, 2.75) is 78.9 Å². The number of aryl methyl sites for hydroxylation is 1. The van der Waals surface area contributed by atoms with Crippen molar-refractivity contribution in [2.24, 2.45) is 0 Å². The molecule has 4 rings (SSSR count). The second-order valence-electron chi connectivity index (χ2n) is 10.5. The van der Waals surface area contributed by atoms with Crippen molar-refractivity contribution in [3.63, 3.8) is 0 Å². The third-order valence-corrected chi connectivity index (χ3v) is 6.89. The zero-order chi connectivity index (χ0) is 28.7. The summed E-state index contributed by atoms with van der Waals surface area (Å²) in [7, 11) is 0. The van der Waals surface area contributed by atoms with Gasteiger partial charge in [-0.15, -0.1) is 0 Å². The Labute approximate surface area is 240 Å². The van der Waals surface area contributed by atoms with Crippen LogP contribution in [0.15, 0.2) is 30.6 Å². The van der Waals surface area contributed by atoms with Crippen molar-refractivity contribution in [1.82, 2.24) is 14.9 Å². The van der Waals surface area contributed by atoms with E-state index in [9.17, 15) is 9.18 Å². The molecule has 212 valence electrons. The van der Waals surface area contributed by atoms with Gasteiger partial charge in [0.1, 0.15) is 29.6 Å². The van der Waals surface area contributed by atoms with Gasteiger partial charge in [-0.2, -0.15) is 0 Å². The van der Waals surface area contributed by atoms with E-state index < -0.39 is 11.4 Å². The minimum atomic E-state index is -0.661. The van der Waals surface area contributed by atoms with E-state index in [-0.39, 0.29) is 27.9 Å². The minimum Gasteiger partial charge on any atom is -0.490 e. The SMILES string of the molecule is CCCC.Cc1cc2ncnc(Nc3ccc(Cl)c(Cl)c3F)c2cc1OC1CCN(C(=O)OC(C)(C)C)CC1. The van der Waals surface area contributed by atoms with E-state index in [0.717, 1.165) is 5.56 Å². The van der Waals surface area contributed by atoms with Crippen molar-refractivity contribution < 1.29 is 18.7 Å². The van der Waals surface area contributed by atoms with Crippen LogP contribution in [0.25, 0.3) is 10.9 Å². The first kappa shape index (κ1) is 30.7. The van der Waals surface area contributed by atoms with Crippen molar-refractivity contribution >= 4 is 51.7 Å². The van der Waals surface area contributed by atoms with Crippen molar-refractivity contribution in [3.8, 4) is 5.75 Å². The smallest absolute Gasteiger partial charge is 0.410 e. The summed E-state index contributed by atoms with van der Waals surface area (Å²) in [5.74, 6) is 0.434. The summed E-state index contributed by atoms with van der Waals surface area (Å²) in [4.78, 5) is 22.7. The topological polar surface area (TPSA) is 76.6 Å². The van der Waals surface area contributed by atoms with E-state index in [1.54, 1.807) is 4.90 Å². The summed E-state index contributed by atoms with van der Waals surface area (Å²) in [5, 5.41) is 3.63. The number of piperidine rings is 1. The number of hydrogen-bond donors (Lipinski definition) is 1. The van der Waals surface area contributed by atoms with Gasteiger partial charge < -0.3 is 19.7 Å². The van der Waals surface area contributed by atoms with Crippen molar-refractivity contribution in [1.29, 1.82) is 0 Å². The summed E-state index contributed by atoms with van der Waals surface area (Å²) in [6, 6.07) is 6.77. The molecule has 1 aliphatic heterocycles. The molecule has 1 aliphatic rings. The van der Waals surface area contributed by atoms with Crippen LogP contribution in [0.3, 0.4) is 0 Å². The molecule has 7 nitrogen and oxygen atoms in total. The lowest BCUT2D eigenvalue weighted by Gasteiger charge is -2.33. The number of aromatic nitrogens is 2. The summed E-state index contributed by atoms with van der Waals surface area (Å²) in [5.41, 5.74) is 1.22. The maximum absolute atomic E-state index is 14.6. The Hall–Kier alpha value is -2.84. The molecule has 0 radical (unpaired) electrons. The predicted molar refractivity (Wildman–Crippen MR) is 156 cm³/mol. The molecule has 0 bridgehead atoms. The highest BCUT2D eigenvalue weighted by Gasteiger charge is 2.28. The monoisotopic (exact) mass is 578 g/mol. The minimum absolute atomic E-state index is 0.0570. The molecule has 3 aromatic rings. The van der Waals surface area contributed by atoms with Gasteiger partial charge in [-0.1, -0.05) is 49.9 Å². The Morgan fingerprint density at radius 2 is 1.79 bits per heavy atom. The number of carbonyl (C=O) groups excluding carboxylic acids is 1. The second kappa shape index (κ2) is 13.5. The van der Waals surface area contributed by atoms with Gasteiger partial charge in [0, 0.05) is 31.3 Å². The van der Waals surface area contributed by atoms with E-state index in [0.29, 0.717) is 48.4 Å². The van der Waals surface area contributed by atoms with Gasteiger partial charge >= 0.3 is 6.09 Å². The number of ether oxygens (including phenoxy) is 2. The molecule has 0 aliphatic carbocycles. The van der Waals surface area contributed by atoms with Crippen LogP contribution in [0.4, 0.5) is 20.7 Å². The fraction of sp³-hybridized carbons (Fsp3) is 0.483. The van der Waals surface area contributed by atoms with Gasteiger partial charge in [0.05, 0.1) is 21.2 Å². The number of amides is 1. The van der Waals surface area contributed by atoms with Crippen LogP contribution >= 0.6 is 23.2 Å². The summed E-state index contributed by atoms with van der Waals surface area (Å²) < 4.78 is 26.4. The maximum Gasteiger partial charge on any atom is 0.410 e. The number of fused-ring (bicyclic) bond motifs is 1. The Kier molecular flexibility index (Phi) is 10.6. The first-order valence-electron chi connectivity index (χ1n) is 13.2. The standard InChI is InChI=1S/C25H27Cl2FN4O3.C4H10/c1-14-11-19-16(23(30-13-29-19)31-18-6-5-17(26)21(27)22(18)28)12-20(14)34-15-7-9-32(10-8-15)24(33)35-25(2,3)4;1-3-4-2/h5-6,11-13,15H,7-10H2,1-4H3,(H,29,30,31);3-4H2,1-2H3. The molecule has 1 aromatic heterocycles. The number of anilines is 2. The Bertz CT molecular complexity index is 1290. The number of rotatable bonds is 5. The van der Waals surface area contributed by atoms with Gasteiger partial charge in [-0.05, 0) is 57.5 Å². The summed E-state index contributed by atoms with van der Waals surface area (Å²) in [6.07, 6.45) is 5.05. The van der Waals surface area contributed by atoms with Gasteiger partial charge in [-0.3, -0.25) is 0 Å². The van der Waals surface area contributed by atoms with Gasteiger partial charge in [0.2, 0.25) is 0 Å². The average molecular weight is 580 g/mol. The number of likely N-dealkylation sites (tertiary alicyclic amines) is 1. The number of unbranched alkanes of at least 4 members (excludes halogenated alkanes) is 1. The number of benzene rings is 2. The number of nitrogens with one attached hydrogen (secondary N) is 1. The lowest BCUT2D eigenvalue weighted by molar-refractivity contribution is 0.0126. The Balaban J connectivity index is 0.000000983. The van der Waals surface area contributed by atoms with E-state index >= 15 is 0 Å². The zero-order valence-corrected chi connectivity index (χ0v) is 24.9. The molecule has 2 heterocycles. The maximum atomic E-state index is 14.6. The summed E-state index contributed by atoms with van der Waals surface area (Å²) in [6.45, 7) is 13.0. The molecular formula is C29H37Cl2FN4O3. The average Bonchev–Trinajstić information content (AvgIpc) is 2.89. The van der Waals surface area contributed by atoms with Gasteiger partial charge in [0.25, 0.3) is 0 Å². The number of nitrogens with zero attached hydrogens (tertiary/aromatic N) is 3. The first-order chi connectivity index (χ1) is 18.4. The van der Waals surface area contributed by atoms with Gasteiger partial charge in [-0.25, -0.2) is 19.2 Å². The predicted octanol–water partition coefficient (Wildman–Crippen LogP) is 8.71. The fourth-order valence-corrected chi connectivity index (χ4v) is 4.14.